The molecule has 3 rings (SSSR count). The highest BCUT2D eigenvalue weighted by molar-refractivity contribution is 8.00. The molecule has 0 aliphatic carbocycles. The number of rotatable bonds is 7. The Balaban J connectivity index is 1.53. The molecule has 0 unspecified atom stereocenters. The van der Waals surface area contributed by atoms with E-state index in [0.29, 0.717) is 18.1 Å². The van der Waals surface area contributed by atoms with Crippen LogP contribution in [0.15, 0.2) is 64.2 Å². The van der Waals surface area contributed by atoms with Gasteiger partial charge in [-0.1, -0.05) is 30.0 Å². The van der Waals surface area contributed by atoms with Crippen molar-refractivity contribution >= 4 is 23.6 Å². The molecule has 0 spiro atoms. The maximum atomic E-state index is 12.2. The second kappa shape index (κ2) is 9.74. The van der Waals surface area contributed by atoms with Crippen molar-refractivity contribution in [3.8, 4) is 17.2 Å². The van der Waals surface area contributed by atoms with Gasteiger partial charge in [0.15, 0.2) is 0 Å². The SMILES string of the molecule is CCOc1ccc(-c2nnc(S[C@@H](C)C(=O)NNC(=O)c3ccccc3)o2)cc1. The summed E-state index contributed by atoms with van der Waals surface area (Å²) in [6.45, 7) is 4.18. The fourth-order valence-corrected chi connectivity index (χ4v) is 3.00. The van der Waals surface area contributed by atoms with Gasteiger partial charge in [0.2, 0.25) is 5.89 Å². The summed E-state index contributed by atoms with van der Waals surface area (Å²) in [7, 11) is 0. The lowest BCUT2D eigenvalue weighted by molar-refractivity contribution is -0.121. The Hall–Kier alpha value is -3.33. The second-order valence-corrected chi connectivity index (χ2v) is 7.19. The summed E-state index contributed by atoms with van der Waals surface area (Å²) in [5.74, 6) is 0.320. The summed E-state index contributed by atoms with van der Waals surface area (Å²) in [5.41, 5.74) is 5.98. The third-order valence-electron chi connectivity index (χ3n) is 3.80. The fraction of sp³-hybridized carbons (Fsp3) is 0.200. The van der Waals surface area contributed by atoms with Crippen molar-refractivity contribution in [2.75, 3.05) is 6.61 Å². The molecule has 0 fully saturated rings. The Labute approximate surface area is 172 Å². The van der Waals surface area contributed by atoms with Crippen LogP contribution in [0.4, 0.5) is 0 Å². The Morgan fingerprint density at radius 3 is 2.48 bits per heavy atom. The van der Waals surface area contributed by atoms with Crippen LogP contribution in [-0.4, -0.2) is 33.9 Å². The fourth-order valence-electron chi connectivity index (χ4n) is 2.32. The average molecular weight is 412 g/mol. The first-order chi connectivity index (χ1) is 14.1. The Kier molecular flexibility index (Phi) is 6.85. The number of hydrogen-bond acceptors (Lipinski definition) is 7. The van der Waals surface area contributed by atoms with Crippen LogP contribution >= 0.6 is 11.8 Å². The average Bonchev–Trinajstić information content (AvgIpc) is 3.21. The monoisotopic (exact) mass is 412 g/mol. The number of thioether (sulfide) groups is 1. The predicted molar refractivity (Wildman–Crippen MR) is 108 cm³/mol. The van der Waals surface area contributed by atoms with Gasteiger partial charge >= 0.3 is 0 Å². The quantitative estimate of drug-likeness (QED) is 0.454. The molecule has 2 amide bonds. The molecule has 0 radical (unpaired) electrons. The zero-order valence-corrected chi connectivity index (χ0v) is 16.7. The molecule has 8 nitrogen and oxygen atoms in total. The van der Waals surface area contributed by atoms with Crippen LogP contribution in [0.5, 0.6) is 5.75 Å². The number of amides is 2. The lowest BCUT2D eigenvalue weighted by Crippen LogP contribution is -2.44. The van der Waals surface area contributed by atoms with Gasteiger partial charge < -0.3 is 9.15 Å². The van der Waals surface area contributed by atoms with Crippen molar-refractivity contribution in [3.05, 3.63) is 60.2 Å². The number of nitrogens with one attached hydrogen (secondary N) is 2. The lowest BCUT2D eigenvalue weighted by Gasteiger charge is -2.10. The van der Waals surface area contributed by atoms with Crippen LogP contribution in [0.2, 0.25) is 0 Å². The van der Waals surface area contributed by atoms with Crippen molar-refractivity contribution in [2.45, 2.75) is 24.3 Å². The summed E-state index contributed by atoms with van der Waals surface area (Å²) in [6.07, 6.45) is 0. The van der Waals surface area contributed by atoms with Crippen molar-refractivity contribution < 1.29 is 18.7 Å². The predicted octanol–water partition coefficient (Wildman–Crippen LogP) is 3.08. The molecule has 9 heteroatoms. The molecule has 3 aromatic rings. The van der Waals surface area contributed by atoms with Crippen LogP contribution in [-0.2, 0) is 4.79 Å². The van der Waals surface area contributed by atoms with E-state index in [1.54, 1.807) is 37.3 Å². The summed E-state index contributed by atoms with van der Waals surface area (Å²) in [6, 6.07) is 15.9. The molecule has 0 aliphatic rings. The van der Waals surface area contributed by atoms with Gasteiger partial charge in [-0.25, -0.2) is 0 Å². The Morgan fingerprint density at radius 1 is 1.07 bits per heavy atom. The number of nitrogens with zero attached hydrogens (tertiary/aromatic N) is 2. The number of hydrogen-bond donors (Lipinski definition) is 2. The van der Waals surface area contributed by atoms with E-state index < -0.39 is 11.2 Å². The number of aromatic nitrogens is 2. The molecular formula is C20H20N4O4S. The van der Waals surface area contributed by atoms with Crippen LogP contribution in [0, 0.1) is 0 Å². The minimum atomic E-state index is -0.556. The second-order valence-electron chi connectivity index (χ2n) is 5.90. The topological polar surface area (TPSA) is 106 Å². The highest BCUT2D eigenvalue weighted by Gasteiger charge is 2.19. The maximum absolute atomic E-state index is 12.2. The normalized spacial score (nSPS) is 11.5. The highest BCUT2D eigenvalue weighted by Crippen LogP contribution is 2.27. The molecule has 0 aliphatic heterocycles. The largest absolute Gasteiger partial charge is 0.494 e. The molecule has 0 saturated heterocycles. The molecule has 29 heavy (non-hydrogen) atoms. The van der Waals surface area contributed by atoms with Crippen LogP contribution in [0.1, 0.15) is 24.2 Å². The Bertz CT molecular complexity index is 960. The molecule has 1 atom stereocenters. The molecule has 1 aromatic heterocycles. The van der Waals surface area contributed by atoms with Crippen LogP contribution in [0.25, 0.3) is 11.5 Å². The summed E-state index contributed by atoms with van der Waals surface area (Å²) < 4.78 is 11.0. The van der Waals surface area contributed by atoms with Crippen molar-refractivity contribution in [1.29, 1.82) is 0 Å². The van der Waals surface area contributed by atoms with Gasteiger partial charge in [-0.05, 0) is 50.2 Å². The van der Waals surface area contributed by atoms with E-state index in [1.165, 1.54) is 0 Å². The molecule has 1 heterocycles. The van der Waals surface area contributed by atoms with Gasteiger partial charge in [-0.2, -0.15) is 0 Å². The van der Waals surface area contributed by atoms with E-state index in [4.69, 9.17) is 9.15 Å². The summed E-state index contributed by atoms with van der Waals surface area (Å²) >= 11 is 1.10. The van der Waals surface area contributed by atoms with Gasteiger partial charge in [0, 0.05) is 11.1 Å². The standard InChI is InChI=1S/C20H20N4O4S/c1-3-27-16-11-9-15(10-12-16)19-23-24-20(28-19)29-13(2)17(25)21-22-18(26)14-7-5-4-6-8-14/h4-13H,3H2,1-2H3,(H,21,25)(H,22,26)/t13-/m0/s1. The first-order valence-electron chi connectivity index (χ1n) is 8.95. The summed E-state index contributed by atoms with van der Waals surface area (Å²) in [4.78, 5) is 24.2. The highest BCUT2D eigenvalue weighted by atomic mass is 32.2. The van der Waals surface area contributed by atoms with Crippen molar-refractivity contribution in [3.63, 3.8) is 0 Å². The molecule has 2 N–H and O–H groups in total. The minimum Gasteiger partial charge on any atom is -0.494 e. The minimum absolute atomic E-state index is 0.255. The van der Waals surface area contributed by atoms with E-state index >= 15 is 0 Å². The Morgan fingerprint density at radius 2 is 1.79 bits per heavy atom. The number of hydrazine groups is 1. The van der Waals surface area contributed by atoms with Gasteiger partial charge in [0.1, 0.15) is 5.75 Å². The van der Waals surface area contributed by atoms with Gasteiger partial charge in [0.25, 0.3) is 17.0 Å². The van der Waals surface area contributed by atoms with Gasteiger partial charge in [0.05, 0.1) is 11.9 Å². The third kappa shape index (κ3) is 5.58. The molecule has 0 saturated carbocycles. The van der Waals surface area contributed by atoms with E-state index in [-0.39, 0.29) is 11.1 Å². The lowest BCUT2D eigenvalue weighted by atomic mass is 10.2. The molecular weight excluding hydrogens is 392 g/mol. The van der Waals surface area contributed by atoms with Crippen molar-refractivity contribution in [1.82, 2.24) is 21.0 Å². The number of carbonyl (C=O) groups is 2. The first-order valence-corrected chi connectivity index (χ1v) is 9.83. The molecule has 2 aromatic carbocycles. The molecule has 150 valence electrons. The van der Waals surface area contributed by atoms with E-state index in [1.807, 2.05) is 31.2 Å². The third-order valence-corrected chi connectivity index (χ3v) is 4.74. The van der Waals surface area contributed by atoms with E-state index in [0.717, 1.165) is 23.1 Å². The first kappa shape index (κ1) is 20.4. The number of benzene rings is 2. The van der Waals surface area contributed by atoms with Crippen molar-refractivity contribution in [2.24, 2.45) is 0 Å². The van der Waals surface area contributed by atoms with E-state index in [2.05, 4.69) is 21.0 Å². The van der Waals surface area contributed by atoms with Crippen LogP contribution < -0.4 is 15.6 Å². The zero-order chi connectivity index (χ0) is 20.6. The number of ether oxygens (including phenoxy) is 1. The zero-order valence-electron chi connectivity index (χ0n) is 15.9. The smallest absolute Gasteiger partial charge is 0.277 e. The summed E-state index contributed by atoms with van der Waals surface area (Å²) in [5, 5.41) is 7.67. The maximum Gasteiger partial charge on any atom is 0.277 e. The van der Waals surface area contributed by atoms with Gasteiger partial charge in [-0.3, -0.25) is 20.4 Å². The van der Waals surface area contributed by atoms with Gasteiger partial charge in [-0.15, -0.1) is 10.2 Å². The number of carbonyl (C=O) groups excluding carboxylic acids is 2. The molecule has 0 bridgehead atoms. The van der Waals surface area contributed by atoms with E-state index in [9.17, 15) is 9.59 Å². The van der Waals surface area contributed by atoms with Crippen LogP contribution in [0.3, 0.4) is 0 Å².